The third-order valence-electron chi connectivity index (χ3n) is 6.37. The van der Waals surface area contributed by atoms with E-state index >= 15 is 0 Å². The van der Waals surface area contributed by atoms with Crippen LogP contribution < -0.4 is 4.72 Å². The number of halogens is 1. The molecule has 0 fully saturated rings. The number of aryl methyl sites for hydroxylation is 1. The largest absolute Gasteiger partial charge is 0.305 e. The quantitative estimate of drug-likeness (QED) is 0.329. The average molecular weight is 541 g/mol. The van der Waals surface area contributed by atoms with E-state index in [-0.39, 0.29) is 23.2 Å². The monoisotopic (exact) mass is 540 g/mol. The first-order chi connectivity index (χ1) is 17.3. The minimum Gasteiger partial charge on any atom is -0.305 e. The smallest absolute Gasteiger partial charge is 0.264 e. The van der Waals surface area contributed by atoms with Gasteiger partial charge in [0.15, 0.2) is 0 Å². The first-order valence-corrected chi connectivity index (χ1v) is 14.4. The third-order valence-corrected chi connectivity index (χ3v) is 8.19. The summed E-state index contributed by atoms with van der Waals surface area (Å²) in [6, 6.07) is 16.8. The maximum absolute atomic E-state index is 13.1. The highest BCUT2D eigenvalue weighted by molar-refractivity contribution is 7.90. The van der Waals surface area contributed by atoms with Gasteiger partial charge in [0.1, 0.15) is 0 Å². The Labute approximate surface area is 226 Å². The minimum absolute atomic E-state index is 0.0150. The molecule has 0 radical (unpaired) electrons. The Balaban J connectivity index is 1.93. The van der Waals surface area contributed by atoms with E-state index < -0.39 is 15.9 Å². The first kappa shape index (κ1) is 28.9. The molecule has 3 rings (SSSR count). The Kier molecular flexibility index (Phi) is 9.22. The lowest BCUT2D eigenvalue weighted by molar-refractivity contribution is -0.118. The van der Waals surface area contributed by atoms with Gasteiger partial charge < -0.3 is 4.90 Å². The van der Waals surface area contributed by atoms with Gasteiger partial charge in [-0.15, -0.1) is 0 Å². The predicted molar refractivity (Wildman–Crippen MR) is 153 cm³/mol. The van der Waals surface area contributed by atoms with Crippen molar-refractivity contribution >= 4 is 27.5 Å². The average Bonchev–Trinajstić information content (AvgIpc) is 2.80. The van der Waals surface area contributed by atoms with Crippen molar-refractivity contribution in [2.24, 2.45) is 0 Å². The van der Waals surface area contributed by atoms with Crippen LogP contribution in [0.15, 0.2) is 59.5 Å². The molecule has 7 heteroatoms. The molecule has 0 unspecified atom stereocenters. The molecule has 0 saturated heterocycles. The number of nitrogens with one attached hydrogen (secondary N) is 1. The van der Waals surface area contributed by atoms with Crippen molar-refractivity contribution in [3.05, 3.63) is 87.4 Å². The fourth-order valence-corrected chi connectivity index (χ4v) is 5.59. The Morgan fingerprint density at radius 3 is 1.95 bits per heavy atom. The molecule has 0 aliphatic heterocycles. The molecule has 5 nitrogen and oxygen atoms in total. The van der Waals surface area contributed by atoms with Crippen LogP contribution in [0.1, 0.15) is 67.3 Å². The van der Waals surface area contributed by atoms with E-state index in [0.717, 1.165) is 44.0 Å². The van der Waals surface area contributed by atoms with Crippen molar-refractivity contribution in [2.45, 2.75) is 64.3 Å². The van der Waals surface area contributed by atoms with Crippen LogP contribution in [0.5, 0.6) is 0 Å². The molecule has 1 amide bonds. The van der Waals surface area contributed by atoms with Gasteiger partial charge in [-0.1, -0.05) is 69.6 Å². The van der Waals surface area contributed by atoms with Crippen LogP contribution in [0.25, 0.3) is 11.1 Å². The van der Waals surface area contributed by atoms with Crippen molar-refractivity contribution in [2.75, 3.05) is 14.1 Å². The fraction of sp³-hybridized carbons (Fsp3) is 0.367. The molecule has 0 aromatic heterocycles. The number of benzene rings is 3. The van der Waals surface area contributed by atoms with Crippen LogP contribution in [-0.2, 0) is 27.8 Å². The summed E-state index contributed by atoms with van der Waals surface area (Å²) in [4.78, 5) is 15.2. The summed E-state index contributed by atoms with van der Waals surface area (Å²) < 4.78 is 28.2. The third kappa shape index (κ3) is 7.22. The molecule has 198 valence electrons. The van der Waals surface area contributed by atoms with E-state index in [1.54, 1.807) is 12.1 Å². The molecule has 0 spiro atoms. The number of hydrogen-bond donors (Lipinski definition) is 1. The highest BCUT2D eigenvalue weighted by atomic mass is 35.5. The van der Waals surface area contributed by atoms with Gasteiger partial charge in [-0.3, -0.25) is 4.79 Å². The van der Waals surface area contributed by atoms with E-state index in [9.17, 15) is 13.2 Å². The summed E-state index contributed by atoms with van der Waals surface area (Å²) in [5.74, 6) is -0.250. The van der Waals surface area contributed by atoms with Crippen molar-refractivity contribution < 1.29 is 13.2 Å². The SMILES string of the molecule is Cc1cc(-c2cc(C(C)C)c(CC(=O)NS(=O)(=O)c3ccc(CN(C)C)cc3)c(C(C)C)c2)ccc1Cl. The van der Waals surface area contributed by atoms with Gasteiger partial charge in [-0.05, 0) is 96.1 Å². The molecule has 0 saturated carbocycles. The Hall–Kier alpha value is -2.67. The summed E-state index contributed by atoms with van der Waals surface area (Å²) in [6.07, 6.45) is -0.0150. The molecule has 3 aromatic rings. The van der Waals surface area contributed by atoms with Gasteiger partial charge in [-0.25, -0.2) is 13.1 Å². The normalized spacial score (nSPS) is 12.0. The van der Waals surface area contributed by atoms with E-state index in [0.29, 0.717) is 6.54 Å². The molecule has 0 bridgehead atoms. The molecule has 3 aromatic carbocycles. The number of sulfonamides is 1. The van der Waals surface area contributed by atoms with Crippen LogP contribution in [0.3, 0.4) is 0 Å². The van der Waals surface area contributed by atoms with Crippen LogP contribution >= 0.6 is 11.6 Å². The zero-order valence-corrected chi connectivity index (χ0v) is 24.3. The topological polar surface area (TPSA) is 66.5 Å². The van der Waals surface area contributed by atoms with Crippen molar-refractivity contribution in [3.63, 3.8) is 0 Å². The highest BCUT2D eigenvalue weighted by Gasteiger charge is 2.23. The molecule has 1 N–H and O–H groups in total. The standard InChI is InChI=1S/C30H37ClN2O3S/c1-19(2)26-15-24(23-10-13-29(31)21(5)14-23)16-27(20(3)4)28(26)17-30(34)32-37(35,36)25-11-8-22(9-12-25)18-33(6)7/h8-16,19-20H,17-18H2,1-7H3,(H,32,34). The van der Waals surface area contributed by atoms with Crippen molar-refractivity contribution in [1.29, 1.82) is 0 Å². The lowest BCUT2D eigenvalue weighted by atomic mass is 9.84. The lowest BCUT2D eigenvalue weighted by Crippen LogP contribution is -2.32. The van der Waals surface area contributed by atoms with Crippen LogP contribution in [0.2, 0.25) is 5.02 Å². The maximum atomic E-state index is 13.1. The highest BCUT2D eigenvalue weighted by Crippen LogP contribution is 2.35. The van der Waals surface area contributed by atoms with Gasteiger partial charge in [0.25, 0.3) is 10.0 Å². The van der Waals surface area contributed by atoms with E-state index in [1.165, 1.54) is 12.1 Å². The van der Waals surface area contributed by atoms with Crippen molar-refractivity contribution in [1.82, 2.24) is 9.62 Å². The number of amides is 1. The molecular weight excluding hydrogens is 504 g/mol. The van der Waals surface area contributed by atoms with Gasteiger partial charge in [-0.2, -0.15) is 0 Å². The minimum atomic E-state index is -3.98. The Morgan fingerprint density at radius 2 is 1.46 bits per heavy atom. The Bertz CT molecular complexity index is 1350. The van der Waals surface area contributed by atoms with E-state index in [2.05, 4.69) is 50.6 Å². The summed E-state index contributed by atoms with van der Waals surface area (Å²) in [5, 5.41) is 0.721. The maximum Gasteiger partial charge on any atom is 0.264 e. The molecule has 0 aliphatic rings. The van der Waals surface area contributed by atoms with Gasteiger partial charge >= 0.3 is 0 Å². The van der Waals surface area contributed by atoms with Crippen LogP contribution in [0, 0.1) is 6.92 Å². The summed E-state index contributed by atoms with van der Waals surface area (Å²) >= 11 is 6.24. The zero-order chi connectivity index (χ0) is 27.5. The molecule has 0 heterocycles. The van der Waals surface area contributed by atoms with Crippen LogP contribution in [-0.4, -0.2) is 33.3 Å². The molecule has 37 heavy (non-hydrogen) atoms. The summed E-state index contributed by atoms with van der Waals surface area (Å²) in [6.45, 7) is 11.0. The first-order valence-electron chi connectivity index (χ1n) is 12.5. The molecule has 0 aliphatic carbocycles. The fourth-order valence-electron chi connectivity index (χ4n) is 4.49. The number of hydrogen-bond acceptors (Lipinski definition) is 4. The number of nitrogens with zero attached hydrogens (tertiary/aromatic N) is 1. The van der Waals surface area contributed by atoms with Gasteiger partial charge in [0, 0.05) is 11.6 Å². The number of rotatable bonds is 9. The summed E-state index contributed by atoms with van der Waals surface area (Å²) in [7, 11) is -0.0784. The molecular formula is C30H37ClN2O3S. The van der Waals surface area contributed by atoms with Gasteiger partial charge in [0.2, 0.25) is 5.91 Å². The van der Waals surface area contributed by atoms with E-state index in [1.807, 2.05) is 38.1 Å². The predicted octanol–water partition coefficient (Wildman–Crippen LogP) is 6.67. The van der Waals surface area contributed by atoms with Crippen LogP contribution in [0.4, 0.5) is 0 Å². The number of carbonyl (C=O) groups excluding carboxylic acids is 1. The second kappa shape index (κ2) is 11.8. The lowest BCUT2D eigenvalue weighted by Gasteiger charge is -2.22. The summed E-state index contributed by atoms with van der Waals surface area (Å²) in [5.41, 5.74) is 7.06. The van der Waals surface area contributed by atoms with Gasteiger partial charge in [0.05, 0.1) is 11.3 Å². The second-order valence-corrected chi connectivity index (χ2v) is 12.6. The zero-order valence-electron chi connectivity index (χ0n) is 22.7. The number of carbonyl (C=O) groups is 1. The molecule has 0 atom stereocenters. The Morgan fingerprint density at radius 1 is 0.892 bits per heavy atom. The second-order valence-electron chi connectivity index (χ2n) is 10.5. The van der Waals surface area contributed by atoms with E-state index in [4.69, 9.17) is 11.6 Å². The van der Waals surface area contributed by atoms with Crippen molar-refractivity contribution in [3.8, 4) is 11.1 Å².